The standard InChI is InChI=1S/C19H20N5O5/c1-12(25)27-9-15-14(28-13(2)26)8-16(29-15)24-11-22-17-18(20-10-21-19(17)24)23-6-4-3-5-7-23/h3-7,10-11,14-16H,8-9H2,1-2H3/q+1/t14-,15+,16+/m0/s1. The number of aromatic nitrogens is 5. The monoisotopic (exact) mass is 398 g/mol. The molecular weight excluding hydrogens is 378 g/mol. The number of pyridine rings is 1. The number of hydrogen-bond acceptors (Lipinski definition) is 8. The minimum Gasteiger partial charge on any atom is -0.463 e. The fourth-order valence-electron chi connectivity index (χ4n) is 3.34. The van der Waals surface area contributed by atoms with Crippen molar-refractivity contribution in [1.29, 1.82) is 0 Å². The fraction of sp³-hybridized carbons (Fsp3) is 0.368. The molecule has 4 heterocycles. The molecule has 0 aliphatic carbocycles. The van der Waals surface area contributed by atoms with E-state index < -0.39 is 30.4 Å². The number of nitrogens with zero attached hydrogens (tertiary/aromatic N) is 5. The second-order valence-corrected chi connectivity index (χ2v) is 6.62. The first-order valence-electron chi connectivity index (χ1n) is 9.13. The summed E-state index contributed by atoms with van der Waals surface area (Å²) in [5.74, 6) is -0.211. The molecule has 150 valence electrons. The lowest BCUT2D eigenvalue weighted by atomic mass is 10.2. The van der Waals surface area contributed by atoms with Crippen LogP contribution in [0.25, 0.3) is 17.0 Å². The van der Waals surface area contributed by atoms with E-state index in [-0.39, 0.29) is 6.61 Å². The molecule has 3 atom stereocenters. The number of ether oxygens (including phenoxy) is 3. The Balaban J connectivity index is 1.64. The van der Waals surface area contributed by atoms with Crippen LogP contribution in [0.15, 0.2) is 43.2 Å². The third-order valence-corrected chi connectivity index (χ3v) is 4.56. The van der Waals surface area contributed by atoms with Gasteiger partial charge >= 0.3 is 17.8 Å². The van der Waals surface area contributed by atoms with Crippen LogP contribution in [-0.4, -0.2) is 50.3 Å². The molecule has 1 fully saturated rings. The maximum absolute atomic E-state index is 11.5. The minimum atomic E-state index is -0.574. The van der Waals surface area contributed by atoms with Crippen molar-refractivity contribution in [3.05, 3.63) is 43.2 Å². The van der Waals surface area contributed by atoms with E-state index in [0.717, 1.165) is 0 Å². The Hall–Kier alpha value is -3.40. The summed E-state index contributed by atoms with van der Waals surface area (Å²) in [5.41, 5.74) is 1.20. The van der Waals surface area contributed by atoms with E-state index in [2.05, 4.69) is 15.0 Å². The molecule has 0 N–H and O–H groups in total. The molecule has 3 aromatic rings. The van der Waals surface area contributed by atoms with Gasteiger partial charge in [0.05, 0.1) is 18.7 Å². The predicted octanol–water partition coefficient (Wildman–Crippen LogP) is 0.885. The van der Waals surface area contributed by atoms with Gasteiger partial charge in [0.2, 0.25) is 11.8 Å². The minimum absolute atomic E-state index is 0.00346. The first-order valence-corrected chi connectivity index (χ1v) is 9.13. The Kier molecular flexibility index (Phi) is 5.17. The molecule has 0 saturated carbocycles. The Morgan fingerprint density at radius 1 is 1.17 bits per heavy atom. The molecule has 29 heavy (non-hydrogen) atoms. The quantitative estimate of drug-likeness (QED) is 0.460. The van der Waals surface area contributed by atoms with Gasteiger partial charge in [-0.25, -0.2) is 9.55 Å². The van der Waals surface area contributed by atoms with Crippen molar-refractivity contribution in [2.45, 2.75) is 38.7 Å². The molecule has 1 aliphatic heterocycles. The van der Waals surface area contributed by atoms with Gasteiger partial charge in [-0.1, -0.05) is 6.07 Å². The molecule has 1 saturated heterocycles. The van der Waals surface area contributed by atoms with Gasteiger partial charge in [0.1, 0.15) is 25.0 Å². The Morgan fingerprint density at radius 2 is 1.97 bits per heavy atom. The van der Waals surface area contributed by atoms with Crippen LogP contribution in [0.1, 0.15) is 26.5 Å². The van der Waals surface area contributed by atoms with E-state index in [1.807, 2.05) is 35.2 Å². The number of rotatable bonds is 5. The zero-order chi connectivity index (χ0) is 20.4. The highest BCUT2D eigenvalue weighted by atomic mass is 16.6. The van der Waals surface area contributed by atoms with Crippen molar-refractivity contribution in [1.82, 2.24) is 19.5 Å². The maximum atomic E-state index is 11.5. The number of hydrogen-bond donors (Lipinski definition) is 0. The lowest BCUT2D eigenvalue weighted by Gasteiger charge is -2.17. The summed E-state index contributed by atoms with van der Waals surface area (Å²) in [7, 11) is 0. The smallest absolute Gasteiger partial charge is 0.359 e. The highest BCUT2D eigenvalue weighted by Gasteiger charge is 2.40. The van der Waals surface area contributed by atoms with E-state index in [4.69, 9.17) is 14.2 Å². The van der Waals surface area contributed by atoms with Crippen LogP contribution in [0.4, 0.5) is 0 Å². The van der Waals surface area contributed by atoms with Gasteiger partial charge < -0.3 is 14.2 Å². The second-order valence-electron chi connectivity index (χ2n) is 6.62. The third-order valence-electron chi connectivity index (χ3n) is 4.56. The van der Waals surface area contributed by atoms with Crippen molar-refractivity contribution in [3.63, 3.8) is 0 Å². The van der Waals surface area contributed by atoms with Crippen LogP contribution in [0.2, 0.25) is 0 Å². The average Bonchev–Trinajstić information content (AvgIpc) is 3.30. The van der Waals surface area contributed by atoms with Crippen LogP contribution in [0.3, 0.4) is 0 Å². The largest absolute Gasteiger partial charge is 0.463 e. The molecule has 0 spiro atoms. The van der Waals surface area contributed by atoms with Gasteiger partial charge in [0.15, 0.2) is 5.65 Å². The zero-order valence-corrected chi connectivity index (χ0v) is 16.0. The molecule has 1 aliphatic rings. The average molecular weight is 398 g/mol. The van der Waals surface area contributed by atoms with Crippen LogP contribution < -0.4 is 4.57 Å². The van der Waals surface area contributed by atoms with Gasteiger partial charge in [0, 0.05) is 20.3 Å². The SMILES string of the molecule is CC(=O)OC[C@H]1O[C@@H](n2cnc3c(-[n+]4ccccc4)ncnc32)C[C@@H]1OC(C)=O. The van der Waals surface area contributed by atoms with Crippen LogP contribution >= 0.6 is 0 Å². The first-order chi connectivity index (χ1) is 14.0. The van der Waals surface area contributed by atoms with E-state index in [0.29, 0.717) is 23.4 Å². The normalized spacial score (nSPS) is 21.2. The molecular formula is C19H20N5O5+. The highest BCUT2D eigenvalue weighted by Crippen LogP contribution is 2.33. The molecule has 10 nitrogen and oxygen atoms in total. The summed E-state index contributed by atoms with van der Waals surface area (Å²) >= 11 is 0. The van der Waals surface area contributed by atoms with Crippen molar-refractivity contribution in [2.24, 2.45) is 0 Å². The van der Waals surface area contributed by atoms with Gasteiger partial charge in [-0.05, 0) is 17.1 Å². The molecule has 0 aromatic carbocycles. The Morgan fingerprint density at radius 3 is 2.69 bits per heavy atom. The lowest BCUT2D eigenvalue weighted by Crippen LogP contribution is -2.31. The van der Waals surface area contributed by atoms with Crippen LogP contribution in [-0.2, 0) is 23.8 Å². The summed E-state index contributed by atoms with van der Waals surface area (Å²) < 4.78 is 20.1. The van der Waals surface area contributed by atoms with Crippen molar-refractivity contribution < 1.29 is 28.4 Å². The highest BCUT2D eigenvalue weighted by molar-refractivity contribution is 5.76. The van der Waals surface area contributed by atoms with Crippen molar-refractivity contribution in [3.8, 4) is 5.82 Å². The molecule has 3 aromatic heterocycles. The van der Waals surface area contributed by atoms with E-state index in [9.17, 15) is 9.59 Å². The second kappa shape index (κ2) is 7.92. The maximum Gasteiger partial charge on any atom is 0.359 e. The molecule has 0 unspecified atom stereocenters. The summed E-state index contributed by atoms with van der Waals surface area (Å²) in [4.78, 5) is 35.8. The summed E-state index contributed by atoms with van der Waals surface area (Å²) in [5, 5.41) is 0. The molecule has 0 bridgehead atoms. The van der Waals surface area contributed by atoms with E-state index in [1.165, 1.54) is 20.2 Å². The van der Waals surface area contributed by atoms with Crippen LogP contribution in [0.5, 0.6) is 0 Å². The van der Waals surface area contributed by atoms with Gasteiger partial charge in [-0.2, -0.15) is 4.98 Å². The molecule has 0 radical (unpaired) electrons. The van der Waals surface area contributed by atoms with Gasteiger partial charge in [0.25, 0.3) is 0 Å². The number of carbonyl (C=O) groups is 2. The number of esters is 2. The van der Waals surface area contributed by atoms with Crippen LogP contribution in [0, 0.1) is 0 Å². The lowest BCUT2D eigenvalue weighted by molar-refractivity contribution is -0.598. The summed E-state index contributed by atoms with van der Waals surface area (Å²) in [6.07, 6.45) is 5.62. The molecule has 10 heteroatoms. The van der Waals surface area contributed by atoms with Crippen molar-refractivity contribution >= 4 is 23.1 Å². The number of carbonyl (C=O) groups excluding carboxylic acids is 2. The van der Waals surface area contributed by atoms with Crippen molar-refractivity contribution in [2.75, 3.05) is 6.61 Å². The summed E-state index contributed by atoms with van der Waals surface area (Å²) in [6.45, 7) is 2.65. The molecule has 4 rings (SSSR count). The van der Waals surface area contributed by atoms with Gasteiger partial charge in [-0.3, -0.25) is 14.2 Å². The Labute approximate surface area is 166 Å². The third kappa shape index (κ3) is 3.92. The first kappa shape index (κ1) is 18.9. The Bertz CT molecular complexity index is 1040. The number of imidazole rings is 1. The predicted molar refractivity (Wildman–Crippen MR) is 97.6 cm³/mol. The topological polar surface area (TPSA) is 109 Å². The molecule has 0 amide bonds. The van der Waals surface area contributed by atoms with Gasteiger partial charge in [-0.15, -0.1) is 0 Å². The van der Waals surface area contributed by atoms with E-state index in [1.54, 1.807) is 10.9 Å². The zero-order valence-electron chi connectivity index (χ0n) is 16.0. The summed E-state index contributed by atoms with van der Waals surface area (Å²) in [6, 6.07) is 5.71. The fourth-order valence-corrected chi connectivity index (χ4v) is 3.34. The van der Waals surface area contributed by atoms with E-state index >= 15 is 0 Å². The number of fused-ring (bicyclic) bond motifs is 1.